The molecule has 4 rings (SSSR count). The van der Waals surface area contributed by atoms with Gasteiger partial charge in [0.2, 0.25) is 0 Å². The molecule has 0 aliphatic heterocycles. The van der Waals surface area contributed by atoms with Gasteiger partial charge in [0.1, 0.15) is 17.3 Å². The fourth-order valence-electron chi connectivity index (χ4n) is 3.86. The van der Waals surface area contributed by atoms with E-state index in [1.54, 1.807) is 24.5 Å². The van der Waals surface area contributed by atoms with E-state index in [4.69, 9.17) is 9.40 Å². The van der Waals surface area contributed by atoms with Gasteiger partial charge in [0.25, 0.3) is 0 Å². The molecule has 0 aliphatic rings. The molecule has 0 radical (unpaired) electrons. The zero-order chi connectivity index (χ0) is 23.2. The molecular weight excluding hydrogens is 417 g/mol. The molecule has 6 nitrogen and oxygen atoms in total. The molecule has 0 bridgehead atoms. The van der Waals surface area contributed by atoms with Crippen molar-refractivity contribution in [3.8, 4) is 28.8 Å². The third-order valence-corrected chi connectivity index (χ3v) is 5.43. The third-order valence-electron chi connectivity index (χ3n) is 5.43. The number of aromatic nitrogens is 3. The number of furan rings is 1. The summed E-state index contributed by atoms with van der Waals surface area (Å²) < 4.78 is 19.4. The molecule has 4 aromatic rings. The Balaban J connectivity index is 1.59. The van der Waals surface area contributed by atoms with Gasteiger partial charge in [-0.2, -0.15) is 5.26 Å². The molecule has 0 saturated heterocycles. The summed E-state index contributed by atoms with van der Waals surface area (Å²) in [6.07, 6.45) is 7.84. The summed E-state index contributed by atoms with van der Waals surface area (Å²) in [5.74, 6) is 0.942. The van der Waals surface area contributed by atoms with Crippen LogP contribution in [-0.4, -0.2) is 32.9 Å². The van der Waals surface area contributed by atoms with Crippen LogP contribution in [0.1, 0.15) is 22.6 Å². The summed E-state index contributed by atoms with van der Waals surface area (Å²) in [5, 5.41) is 9.36. The van der Waals surface area contributed by atoms with E-state index in [1.165, 1.54) is 12.1 Å². The summed E-state index contributed by atoms with van der Waals surface area (Å²) in [6, 6.07) is 12.1. The maximum Gasteiger partial charge on any atom is 0.152 e. The lowest BCUT2D eigenvalue weighted by molar-refractivity contribution is 0.295. The van der Waals surface area contributed by atoms with Crippen LogP contribution in [0.4, 0.5) is 4.39 Å². The summed E-state index contributed by atoms with van der Waals surface area (Å²) in [4.78, 5) is 13.3. The minimum absolute atomic E-state index is 0.244. The van der Waals surface area contributed by atoms with E-state index >= 15 is 0 Å². The molecule has 0 unspecified atom stereocenters. The lowest BCUT2D eigenvalue weighted by Gasteiger charge is -2.17. The molecule has 1 aromatic carbocycles. The largest absolute Gasteiger partial charge is 0.463 e. The lowest BCUT2D eigenvalue weighted by atomic mass is 10.1. The molecule has 0 amide bonds. The van der Waals surface area contributed by atoms with Crippen LogP contribution in [0.15, 0.2) is 66.4 Å². The second kappa shape index (κ2) is 9.98. The number of hydrogen-bond donors (Lipinski definition) is 2. The van der Waals surface area contributed by atoms with Crippen molar-refractivity contribution in [3.05, 3.63) is 90.5 Å². The Kier molecular flexibility index (Phi) is 6.67. The zero-order valence-electron chi connectivity index (χ0n) is 18.1. The molecule has 0 aliphatic carbocycles. The standard InChI is InChI=1S/C26H24FN5O/c1-3-21-19(16-29-22(21)4-2)10-12-32(13-11-28)17-24-30-25(18-7-5-8-20(27)15-18)26(31-24)23-9-6-14-33-23/h3-9,14-16,29H,1-2,10,12-13,17H2,(H,30,31). The maximum atomic E-state index is 13.9. The van der Waals surface area contributed by atoms with Crippen molar-refractivity contribution in [2.45, 2.75) is 13.0 Å². The molecular formula is C26H24FN5O. The predicted molar refractivity (Wildman–Crippen MR) is 127 cm³/mol. The first kappa shape index (κ1) is 22.1. The van der Waals surface area contributed by atoms with Crippen molar-refractivity contribution in [1.82, 2.24) is 19.9 Å². The van der Waals surface area contributed by atoms with Gasteiger partial charge >= 0.3 is 0 Å². The van der Waals surface area contributed by atoms with Crippen molar-refractivity contribution < 1.29 is 8.81 Å². The van der Waals surface area contributed by atoms with E-state index in [2.05, 4.69) is 29.2 Å². The Bertz CT molecular complexity index is 1290. The second-order valence-electron chi connectivity index (χ2n) is 7.56. The van der Waals surface area contributed by atoms with Crippen LogP contribution < -0.4 is 0 Å². The topological polar surface area (TPSA) is 84.6 Å². The van der Waals surface area contributed by atoms with E-state index in [0.29, 0.717) is 41.6 Å². The van der Waals surface area contributed by atoms with E-state index in [1.807, 2.05) is 29.3 Å². The summed E-state index contributed by atoms with van der Waals surface area (Å²) in [6.45, 7) is 9.03. The number of H-pyrrole nitrogens is 2. The number of rotatable bonds is 10. The number of aromatic amines is 2. The summed E-state index contributed by atoms with van der Waals surface area (Å²) in [7, 11) is 0. The Morgan fingerprint density at radius 2 is 2.09 bits per heavy atom. The highest BCUT2D eigenvalue weighted by Crippen LogP contribution is 2.31. The molecule has 33 heavy (non-hydrogen) atoms. The van der Waals surface area contributed by atoms with E-state index in [0.717, 1.165) is 23.2 Å². The van der Waals surface area contributed by atoms with Crippen LogP contribution in [0, 0.1) is 17.1 Å². The van der Waals surface area contributed by atoms with Crippen molar-refractivity contribution in [3.63, 3.8) is 0 Å². The highest BCUT2D eigenvalue weighted by molar-refractivity contribution is 5.76. The number of hydrogen-bond acceptors (Lipinski definition) is 4. The van der Waals surface area contributed by atoms with Crippen molar-refractivity contribution >= 4 is 12.2 Å². The van der Waals surface area contributed by atoms with Crippen LogP contribution in [0.5, 0.6) is 0 Å². The Labute approximate surface area is 191 Å². The quantitative estimate of drug-likeness (QED) is 0.311. The van der Waals surface area contributed by atoms with Crippen LogP contribution in [0.2, 0.25) is 0 Å². The molecule has 2 N–H and O–H groups in total. The normalized spacial score (nSPS) is 10.9. The first-order valence-electron chi connectivity index (χ1n) is 10.6. The molecule has 3 aromatic heterocycles. The average molecular weight is 442 g/mol. The van der Waals surface area contributed by atoms with Crippen LogP contribution in [-0.2, 0) is 13.0 Å². The van der Waals surface area contributed by atoms with Crippen LogP contribution in [0.3, 0.4) is 0 Å². The Morgan fingerprint density at radius 3 is 2.79 bits per heavy atom. The smallest absolute Gasteiger partial charge is 0.152 e. The minimum Gasteiger partial charge on any atom is -0.463 e. The number of halogens is 1. The molecule has 0 spiro atoms. The van der Waals surface area contributed by atoms with Crippen molar-refractivity contribution in [2.75, 3.05) is 13.1 Å². The van der Waals surface area contributed by atoms with Gasteiger partial charge in [-0.3, -0.25) is 4.90 Å². The molecule has 0 fully saturated rings. The fraction of sp³-hybridized carbons (Fsp3) is 0.154. The second-order valence-corrected chi connectivity index (χ2v) is 7.56. The maximum absolute atomic E-state index is 13.9. The first-order valence-corrected chi connectivity index (χ1v) is 10.6. The monoisotopic (exact) mass is 441 g/mol. The molecule has 0 atom stereocenters. The highest BCUT2D eigenvalue weighted by Gasteiger charge is 2.18. The number of imidazole rings is 1. The fourth-order valence-corrected chi connectivity index (χ4v) is 3.86. The molecule has 166 valence electrons. The van der Waals surface area contributed by atoms with Gasteiger partial charge < -0.3 is 14.4 Å². The Hall–Kier alpha value is -4.15. The minimum atomic E-state index is -0.336. The number of nitrogens with one attached hydrogen (secondary N) is 2. The lowest BCUT2D eigenvalue weighted by Crippen LogP contribution is -2.26. The third kappa shape index (κ3) is 4.86. The number of nitrogens with zero attached hydrogens (tertiary/aromatic N) is 3. The average Bonchev–Trinajstić information content (AvgIpc) is 3.56. The van der Waals surface area contributed by atoms with E-state index < -0.39 is 0 Å². The first-order chi connectivity index (χ1) is 16.1. The van der Waals surface area contributed by atoms with Gasteiger partial charge in [-0.25, -0.2) is 9.37 Å². The van der Waals surface area contributed by atoms with Gasteiger partial charge in [-0.1, -0.05) is 31.4 Å². The van der Waals surface area contributed by atoms with Gasteiger partial charge in [0, 0.05) is 29.6 Å². The van der Waals surface area contributed by atoms with Crippen molar-refractivity contribution in [2.24, 2.45) is 0 Å². The van der Waals surface area contributed by atoms with Gasteiger partial charge in [0.15, 0.2) is 5.76 Å². The van der Waals surface area contributed by atoms with Crippen molar-refractivity contribution in [1.29, 1.82) is 5.26 Å². The van der Waals surface area contributed by atoms with Crippen LogP contribution in [0.25, 0.3) is 34.9 Å². The number of benzene rings is 1. The van der Waals surface area contributed by atoms with E-state index in [-0.39, 0.29) is 12.4 Å². The SMILES string of the molecule is C=Cc1[nH]cc(CCN(CC#N)Cc2nc(-c3cccc(F)c3)c(-c3ccco3)[nH]2)c1C=C. The predicted octanol–water partition coefficient (Wildman–Crippen LogP) is 5.66. The summed E-state index contributed by atoms with van der Waals surface area (Å²) in [5.41, 5.74) is 4.99. The van der Waals surface area contributed by atoms with Gasteiger partial charge in [-0.15, -0.1) is 0 Å². The molecule has 3 heterocycles. The van der Waals surface area contributed by atoms with E-state index in [9.17, 15) is 9.65 Å². The zero-order valence-corrected chi connectivity index (χ0v) is 18.1. The number of nitriles is 1. The van der Waals surface area contributed by atoms with Gasteiger partial charge in [-0.05, 0) is 42.3 Å². The highest BCUT2D eigenvalue weighted by atomic mass is 19.1. The molecule has 7 heteroatoms. The Morgan fingerprint density at radius 1 is 1.21 bits per heavy atom. The summed E-state index contributed by atoms with van der Waals surface area (Å²) >= 11 is 0. The molecule has 0 saturated carbocycles. The van der Waals surface area contributed by atoms with Crippen LogP contribution >= 0.6 is 0 Å². The van der Waals surface area contributed by atoms with Gasteiger partial charge in [0.05, 0.1) is 31.1 Å².